The quantitative estimate of drug-likeness (QED) is 0.732. The van der Waals surface area contributed by atoms with Gasteiger partial charge in [0.05, 0.1) is 11.7 Å². The zero-order chi connectivity index (χ0) is 12.1. The molecule has 0 fully saturated rings. The number of esters is 1. The molecule has 0 bridgehead atoms. The van der Waals surface area contributed by atoms with Gasteiger partial charge in [-0.15, -0.1) is 0 Å². The van der Waals surface area contributed by atoms with Crippen LogP contribution in [0.25, 0.3) is 0 Å². The number of carbonyl (C=O) groups excluding carboxylic acids is 1. The maximum absolute atomic E-state index is 13.6. The van der Waals surface area contributed by atoms with E-state index in [9.17, 15) is 9.18 Å². The third-order valence-corrected chi connectivity index (χ3v) is 2.42. The Morgan fingerprint density at radius 3 is 2.81 bits per heavy atom. The summed E-state index contributed by atoms with van der Waals surface area (Å²) in [5, 5.41) is 0. The van der Waals surface area contributed by atoms with Crippen molar-refractivity contribution in [1.82, 2.24) is 0 Å². The molecule has 0 amide bonds. The van der Waals surface area contributed by atoms with E-state index in [0.717, 1.165) is 12.8 Å². The van der Waals surface area contributed by atoms with Crippen LogP contribution in [-0.2, 0) is 4.74 Å². The lowest BCUT2D eigenvalue weighted by Gasteiger charge is -2.12. The van der Waals surface area contributed by atoms with Gasteiger partial charge in [-0.05, 0) is 31.9 Å². The molecule has 0 aliphatic carbocycles. The van der Waals surface area contributed by atoms with Gasteiger partial charge in [0.1, 0.15) is 5.82 Å². The summed E-state index contributed by atoms with van der Waals surface area (Å²) in [6.45, 7) is 5.45. The van der Waals surface area contributed by atoms with Crippen molar-refractivity contribution in [2.24, 2.45) is 0 Å². The summed E-state index contributed by atoms with van der Waals surface area (Å²) in [6, 6.07) is 4.73. The molecule has 0 N–H and O–H groups in total. The van der Waals surface area contributed by atoms with Gasteiger partial charge in [0.15, 0.2) is 0 Å². The maximum atomic E-state index is 13.6. The Morgan fingerprint density at radius 1 is 1.50 bits per heavy atom. The van der Waals surface area contributed by atoms with E-state index in [-0.39, 0.29) is 11.7 Å². The fraction of sp³-hybridized carbons (Fsp3) is 0.462. The fourth-order valence-electron chi connectivity index (χ4n) is 1.52. The minimum absolute atomic E-state index is 0.0166. The third kappa shape index (κ3) is 3.05. The monoisotopic (exact) mass is 224 g/mol. The van der Waals surface area contributed by atoms with E-state index >= 15 is 0 Å². The molecule has 0 spiro atoms. The molecule has 0 aliphatic heterocycles. The summed E-state index contributed by atoms with van der Waals surface area (Å²) in [4.78, 5) is 11.6. The number of benzene rings is 1. The lowest BCUT2D eigenvalue weighted by Crippen LogP contribution is -2.16. The molecule has 0 aliphatic rings. The molecular weight excluding hydrogens is 207 g/mol. The molecule has 1 aromatic carbocycles. The minimum atomic E-state index is -0.581. The predicted octanol–water partition coefficient (Wildman–Crippen LogP) is 3.48. The predicted molar refractivity (Wildman–Crippen MR) is 60.9 cm³/mol. The molecule has 1 atom stereocenters. The van der Waals surface area contributed by atoms with E-state index in [4.69, 9.17) is 4.74 Å². The van der Waals surface area contributed by atoms with Gasteiger partial charge < -0.3 is 4.74 Å². The van der Waals surface area contributed by atoms with Gasteiger partial charge in [-0.25, -0.2) is 9.18 Å². The van der Waals surface area contributed by atoms with Gasteiger partial charge in [-0.2, -0.15) is 0 Å². The zero-order valence-electron chi connectivity index (χ0n) is 9.92. The number of rotatable bonds is 4. The van der Waals surface area contributed by atoms with Crippen LogP contribution >= 0.6 is 0 Å². The summed E-state index contributed by atoms with van der Waals surface area (Å²) in [7, 11) is 0. The largest absolute Gasteiger partial charge is 0.459 e. The topological polar surface area (TPSA) is 26.3 Å². The number of halogens is 1. The first-order chi connectivity index (χ1) is 7.56. The van der Waals surface area contributed by atoms with Crippen LogP contribution in [0.1, 0.15) is 42.6 Å². The molecule has 0 radical (unpaired) electrons. The van der Waals surface area contributed by atoms with Crippen LogP contribution in [-0.4, -0.2) is 12.1 Å². The van der Waals surface area contributed by atoms with Gasteiger partial charge in [0.2, 0.25) is 0 Å². The molecule has 0 aromatic heterocycles. The molecule has 0 heterocycles. The maximum Gasteiger partial charge on any atom is 0.341 e. The first-order valence-corrected chi connectivity index (χ1v) is 5.52. The second kappa shape index (κ2) is 5.64. The van der Waals surface area contributed by atoms with E-state index in [1.54, 1.807) is 19.1 Å². The Balaban J connectivity index is 2.77. The van der Waals surface area contributed by atoms with Crippen molar-refractivity contribution in [1.29, 1.82) is 0 Å². The Bertz CT molecular complexity index is 374. The van der Waals surface area contributed by atoms with Gasteiger partial charge in [-0.1, -0.05) is 25.5 Å². The van der Waals surface area contributed by atoms with E-state index in [0.29, 0.717) is 5.56 Å². The van der Waals surface area contributed by atoms with Crippen LogP contribution in [0.4, 0.5) is 4.39 Å². The van der Waals surface area contributed by atoms with E-state index in [2.05, 4.69) is 0 Å². The summed E-state index contributed by atoms with van der Waals surface area (Å²) < 4.78 is 18.7. The Kier molecular flexibility index (Phi) is 4.47. The van der Waals surface area contributed by atoms with E-state index in [1.165, 1.54) is 6.07 Å². The number of hydrogen-bond acceptors (Lipinski definition) is 2. The molecule has 16 heavy (non-hydrogen) atoms. The average Bonchev–Trinajstić information content (AvgIpc) is 2.22. The molecule has 1 aromatic rings. The van der Waals surface area contributed by atoms with Gasteiger partial charge in [0.25, 0.3) is 0 Å². The Hall–Kier alpha value is -1.38. The van der Waals surface area contributed by atoms with Crippen molar-refractivity contribution >= 4 is 5.97 Å². The average molecular weight is 224 g/mol. The van der Waals surface area contributed by atoms with Gasteiger partial charge in [-0.3, -0.25) is 0 Å². The minimum Gasteiger partial charge on any atom is -0.459 e. The van der Waals surface area contributed by atoms with Gasteiger partial charge >= 0.3 is 5.97 Å². The summed E-state index contributed by atoms with van der Waals surface area (Å²) >= 11 is 0. The molecule has 3 heteroatoms. The van der Waals surface area contributed by atoms with Crippen molar-refractivity contribution in [2.45, 2.75) is 39.7 Å². The van der Waals surface area contributed by atoms with Crippen molar-refractivity contribution in [3.8, 4) is 0 Å². The SMILES string of the molecule is CCCC(C)OC(=O)c1cccc(C)c1F. The highest BCUT2D eigenvalue weighted by Crippen LogP contribution is 2.14. The zero-order valence-corrected chi connectivity index (χ0v) is 9.92. The molecule has 88 valence electrons. The highest BCUT2D eigenvalue weighted by atomic mass is 19.1. The number of hydrogen-bond donors (Lipinski definition) is 0. The highest BCUT2D eigenvalue weighted by Gasteiger charge is 2.16. The van der Waals surface area contributed by atoms with E-state index in [1.807, 2.05) is 13.8 Å². The molecule has 2 nitrogen and oxygen atoms in total. The second-order valence-electron chi connectivity index (χ2n) is 3.94. The second-order valence-corrected chi connectivity index (χ2v) is 3.94. The van der Waals surface area contributed by atoms with Crippen LogP contribution in [0.5, 0.6) is 0 Å². The highest BCUT2D eigenvalue weighted by molar-refractivity contribution is 5.90. The first kappa shape index (κ1) is 12.7. The Morgan fingerprint density at radius 2 is 2.19 bits per heavy atom. The van der Waals surface area contributed by atoms with Crippen LogP contribution in [0.3, 0.4) is 0 Å². The molecule has 0 saturated heterocycles. The van der Waals surface area contributed by atoms with Crippen LogP contribution in [0.2, 0.25) is 0 Å². The van der Waals surface area contributed by atoms with Crippen molar-refractivity contribution in [3.05, 3.63) is 35.1 Å². The third-order valence-electron chi connectivity index (χ3n) is 2.42. The van der Waals surface area contributed by atoms with Gasteiger partial charge in [0, 0.05) is 0 Å². The number of ether oxygens (including phenoxy) is 1. The molecular formula is C13H17FO2. The summed E-state index contributed by atoms with van der Waals surface area (Å²) in [5.74, 6) is -1.07. The van der Waals surface area contributed by atoms with E-state index < -0.39 is 11.8 Å². The standard InChI is InChI=1S/C13H17FO2/c1-4-6-10(3)16-13(15)11-8-5-7-9(2)12(11)14/h5,7-8,10H,4,6H2,1-3H3. The normalized spacial score (nSPS) is 12.2. The van der Waals surface area contributed by atoms with Crippen molar-refractivity contribution < 1.29 is 13.9 Å². The number of aryl methyl sites for hydroxylation is 1. The molecule has 0 saturated carbocycles. The van der Waals surface area contributed by atoms with Crippen LogP contribution in [0.15, 0.2) is 18.2 Å². The lowest BCUT2D eigenvalue weighted by molar-refractivity contribution is 0.0318. The number of carbonyl (C=O) groups is 1. The first-order valence-electron chi connectivity index (χ1n) is 5.52. The fourth-order valence-corrected chi connectivity index (χ4v) is 1.52. The summed E-state index contributed by atoms with van der Waals surface area (Å²) in [6.07, 6.45) is 1.56. The van der Waals surface area contributed by atoms with Crippen LogP contribution in [0, 0.1) is 12.7 Å². The Labute approximate surface area is 95.4 Å². The molecule has 1 rings (SSSR count). The smallest absolute Gasteiger partial charge is 0.341 e. The van der Waals surface area contributed by atoms with Crippen molar-refractivity contribution in [3.63, 3.8) is 0 Å². The van der Waals surface area contributed by atoms with Crippen LogP contribution < -0.4 is 0 Å². The summed E-state index contributed by atoms with van der Waals surface area (Å²) in [5.41, 5.74) is 0.473. The molecule has 1 unspecified atom stereocenters. The lowest BCUT2D eigenvalue weighted by atomic mass is 10.1. The van der Waals surface area contributed by atoms with Crippen molar-refractivity contribution in [2.75, 3.05) is 0 Å².